The van der Waals surface area contributed by atoms with Crippen LogP contribution in [0.5, 0.6) is 0 Å². The summed E-state index contributed by atoms with van der Waals surface area (Å²) in [5.74, 6) is 5.38. The van der Waals surface area contributed by atoms with Crippen LogP contribution in [0.2, 0.25) is 0 Å². The van der Waals surface area contributed by atoms with Gasteiger partial charge in [0.2, 0.25) is 0 Å². The average molecular weight is 258 g/mol. The molecule has 2 aromatic rings. The van der Waals surface area contributed by atoms with Crippen LogP contribution in [-0.4, -0.2) is 0 Å². The molecule has 0 spiro atoms. The molecule has 100 valence electrons. The normalized spacial score (nSPS) is 12.4. The molecule has 2 aromatic carbocycles. The van der Waals surface area contributed by atoms with Gasteiger partial charge in [-0.25, -0.2) is 4.39 Å². The van der Waals surface area contributed by atoms with Crippen LogP contribution >= 0.6 is 0 Å². The van der Waals surface area contributed by atoms with Gasteiger partial charge in [-0.2, -0.15) is 0 Å². The van der Waals surface area contributed by atoms with Gasteiger partial charge in [0.05, 0.1) is 6.04 Å². The van der Waals surface area contributed by atoms with Gasteiger partial charge in [0, 0.05) is 5.56 Å². The largest absolute Gasteiger partial charge is 0.271 e. The van der Waals surface area contributed by atoms with Crippen LogP contribution in [0.4, 0.5) is 4.39 Å². The third kappa shape index (κ3) is 3.19. The Morgan fingerprint density at radius 1 is 1.16 bits per heavy atom. The summed E-state index contributed by atoms with van der Waals surface area (Å²) in [5, 5.41) is 0. The van der Waals surface area contributed by atoms with E-state index in [-0.39, 0.29) is 11.9 Å². The minimum atomic E-state index is -0.221. The molecule has 2 nitrogen and oxygen atoms in total. The zero-order valence-corrected chi connectivity index (χ0v) is 11.3. The zero-order chi connectivity index (χ0) is 13.8. The Bertz CT molecular complexity index is 566. The lowest BCUT2D eigenvalue weighted by molar-refractivity contribution is 0.509. The van der Waals surface area contributed by atoms with E-state index in [1.807, 2.05) is 31.2 Å². The second-order valence-corrected chi connectivity index (χ2v) is 4.87. The molecule has 0 fully saturated rings. The lowest BCUT2D eigenvalue weighted by Crippen LogP contribution is -2.30. The quantitative estimate of drug-likeness (QED) is 0.653. The number of hydrazine groups is 1. The lowest BCUT2D eigenvalue weighted by Gasteiger charge is -2.19. The van der Waals surface area contributed by atoms with E-state index in [1.165, 1.54) is 17.2 Å². The fourth-order valence-corrected chi connectivity index (χ4v) is 2.25. The first-order valence-electron chi connectivity index (χ1n) is 6.38. The molecular weight excluding hydrogens is 239 g/mol. The van der Waals surface area contributed by atoms with Crippen molar-refractivity contribution in [3.8, 4) is 0 Å². The SMILES string of the molecule is Cc1ccc(F)c(C(Cc2ccccc2C)NN)c1. The van der Waals surface area contributed by atoms with Gasteiger partial charge >= 0.3 is 0 Å². The number of hydrogen-bond acceptors (Lipinski definition) is 2. The summed E-state index contributed by atoms with van der Waals surface area (Å²) in [6.07, 6.45) is 0.670. The van der Waals surface area contributed by atoms with Crippen LogP contribution in [0.25, 0.3) is 0 Å². The van der Waals surface area contributed by atoms with E-state index in [0.29, 0.717) is 12.0 Å². The van der Waals surface area contributed by atoms with Crippen molar-refractivity contribution in [1.82, 2.24) is 5.43 Å². The number of nitrogens with one attached hydrogen (secondary N) is 1. The first-order chi connectivity index (χ1) is 9.11. The third-order valence-corrected chi connectivity index (χ3v) is 3.41. The summed E-state index contributed by atoms with van der Waals surface area (Å²) in [7, 11) is 0. The molecule has 0 saturated carbocycles. The molecule has 0 aliphatic carbocycles. The minimum Gasteiger partial charge on any atom is -0.271 e. The molecule has 0 aliphatic heterocycles. The molecule has 0 amide bonds. The molecule has 0 aliphatic rings. The second-order valence-electron chi connectivity index (χ2n) is 4.87. The molecule has 0 radical (unpaired) electrons. The molecule has 1 atom stereocenters. The number of rotatable bonds is 4. The molecule has 3 heteroatoms. The van der Waals surface area contributed by atoms with Gasteiger partial charge in [-0.15, -0.1) is 0 Å². The fraction of sp³-hybridized carbons (Fsp3) is 0.250. The van der Waals surface area contributed by atoms with Gasteiger partial charge in [-0.3, -0.25) is 11.3 Å². The van der Waals surface area contributed by atoms with E-state index in [9.17, 15) is 4.39 Å². The molecular formula is C16H19FN2. The van der Waals surface area contributed by atoms with Gasteiger partial charge in [0.1, 0.15) is 5.82 Å². The molecule has 2 rings (SSSR count). The van der Waals surface area contributed by atoms with Gasteiger partial charge in [-0.05, 0) is 37.5 Å². The fourth-order valence-electron chi connectivity index (χ4n) is 2.25. The topological polar surface area (TPSA) is 38.0 Å². The summed E-state index contributed by atoms with van der Waals surface area (Å²) in [5.41, 5.74) is 6.73. The van der Waals surface area contributed by atoms with Gasteiger partial charge in [0.25, 0.3) is 0 Å². The third-order valence-electron chi connectivity index (χ3n) is 3.41. The summed E-state index contributed by atoms with van der Waals surface area (Å²) < 4.78 is 13.9. The van der Waals surface area contributed by atoms with Crippen LogP contribution in [0, 0.1) is 19.7 Å². The Morgan fingerprint density at radius 3 is 2.58 bits per heavy atom. The molecule has 0 heterocycles. The summed E-state index contributed by atoms with van der Waals surface area (Å²) >= 11 is 0. The van der Waals surface area contributed by atoms with E-state index in [0.717, 1.165) is 5.56 Å². The summed E-state index contributed by atoms with van der Waals surface area (Å²) in [6, 6.07) is 13.0. The molecule has 1 unspecified atom stereocenters. The standard InChI is InChI=1S/C16H19FN2/c1-11-7-8-15(17)14(9-11)16(19-18)10-13-6-4-3-5-12(13)2/h3-9,16,19H,10,18H2,1-2H3. The number of nitrogens with two attached hydrogens (primary N) is 1. The van der Waals surface area contributed by atoms with Crippen LogP contribution in [0.3, 0.4) is 0 Å². The average Bonchev–Trinajstić information content (AvgIpc) is 2.41. The van der Waals surface area contributed by atoms with Gasteiger partial charge in [-0.1, -0.05) is 42.0 Å². The second kappa shape index (κ2) is 5.95. The highest BCUT2D eigenvalue weighted by atomic mass is 19.1. The summed E-state index contributed by atoms with van der Waals surface area (Å²) in [6.45, 7) is 4.00. The van der Waals surface area contributed by atoms with E-state index in [4.69, 9.17) is 5.84 Å². The smallest absolute Gasteiger partial charge is 0.128 e. The van der Waals surface area contributed by atoms with Crippen molar-refractivity contribution in [2.45, 2.75) is 26.3 Å². The Balaban J connectivity index is 2.30. The maximum atomic E-state index is 13.9. The van der Waals surface area contributed by atoms with E-state index >= 15 is 0 Å². The highest BCUT2D eigenvalue weighted by Crippen LogP contribution is 2.23. The van der Waals surface area contributed by atoms with Crippen molar-refractivity contribution in [2.75, 3.05) is 0 Å². The predicted octanol–water partition coefficient (Wildman–Crippen LogP) is 3.19. The number of hydrogen-bond donors (Lipinski definition) is 2. The van der Waals surface area contributed by atoms with Crippen molar-refractivity contribution in [2.24, 2.45) is 5.84 Å². The van der Waals surface area contributed by atoms with Crippen molar-refractivity contribution >= 4 is 0 Å². The molecule has 3 N–H and O–H groups in total. The molecule has 19 heavy (non-hydrogen) atoms. The van der Waals surface area contributed by atoms with Crippen molar-refractivity contribution in [3.63, 3.8) is 0 Å². The Kier molecular flexibility index (Phi) is 4.30. The van der Waals surface area contributed by atoms with E-state index < -0.39 is 0 Å². The van der Waals surface area contributed by atoms with E-state index in [2.05, 4.69) is 18.4 Å². The molecule has 0 bridgehead atoms. The van der Waals surface area contributed by atoms with Crippen LogP contribution in [0.1, 0.15) is 28.3 Å². The Hall–Kier alpha value is -1.71. The zero-order valence-electron chi connectivity index (χ0n) is 11.3. The highest BCUT2D eigenvalue weighted by molar-refractivity contribution is 5.31. The van der Waals surface area contributed by atoms with Crippen LogP contribution in [0.15, 0.2) is 42.5 Å². The van der Waals surface area contributed by atoms with Crippen molar-refractivity contribution < 1.29 is 4.39 Å². The Morgan fingerprint density at radius 2 is 1.89 bits per heavy atom. The summed E-state index contributed by atoms with van der Waals surface area (Å²) in [4.78, 5) is 0. The van der Waals surface area contributed by atoms with Crippen LogP contribution < -0.4 is 11.3 Å². The monoisotopic (exact) mass is 258 g/mol. The van der Waals surface area contributed by atoms with Crippen molar-refractivity contribution in [1.29, 1.82) is 0 Å². The Labute approximate surface area is 113 Å². The minimum absolute atomic E-state index is 0.220. The molecule has 0 aromatic heterocycles. The number of aryl methyl sites for hydroxylation is 2. The first-order valence-corrected chi connectivity index (χ1v) is 6.38. The van der Waals surface area contributed by atoms with E-state index in [1.54, 1.807) is 6.07 Å². The van der Waals surface area contributed by atoms with Crippen LogP contribution in [-0.2, 0) is 6.42 Å². The van der Waals surface area contributed by atoms with Gasteiger partial charge in [0.15, 0.2) is 0 Å². The highest BCUT2D eigenvalue weighted by Gasteiger charge is 2.16. The maximum absolute atomic E-state index is 13.9. The number of benzene rings is 2. The van der Waals surface area contributed by atoms with Gasteiger partial charge < -0.3 is 0 Å². The predicted molar refractivity (Wildman–Crippen MR) is 76.1 cm³/mol. The first kappa shape index (κ1) is 13.7. The number of halogens is 1. The lowest BCUT2D eigenvalue weighted by atomic mass is 9.95. The maximum Gasteiger partial charge on any atom is 0.128 e. The molecule has 0 saturated heterocycles. The van der Waals surface area contributed by atoms with Crippen molar-refractivity contribution in [3.05, 3.63) is 70.5 Å².